The van der Waals surface area contributed by atoms with Gasteiger partial charge in [-0.15, -0.1) is 0 Å². The minimum Gasteiger partial charge on any atom is -0.430 e. The Labute approximate surface area is 152 Å². The summed E-state index contributed by atoms with van der Waals surface area (Å²) in [6, 6.07) is 19.6. The molecule has 2 aromatic rings. The molecule has 0 spiro atoms. The van der Waals surface area contributed by atoms with Gasteiger partial charge in [0.15, 0.2) is 0 Å². The van der Waals surface area contributed by atoms with Gasteiger partial charge in [0, 0.05) is 0 Å². The number of rotatable bonds is 5. The molecule has 4 aliphatic rings. The molecule has 0 saturated heterocycles. The molecule has 127 valence electrons. The van der Waals surface area contributed by atoms with Crippen LogP contribution in [0.2, 0.25) is 0 Å². The zero-order valence-electron chi connectivity index (χ0n) is 14.9. The van der Waals surface area contributed by atoms with E-state index in [1.54, 1.807) is 5.56 Å². The molecule has 0 heterocycles. The van der Waals surface area contributed by atoms with Gasteiger partial charge in [0.05, 0.1) is 6.61 Å². The lowest BCUT2D eigenvalue weighted by Crippen LogP contribution is -2.48. The van der Waals surface area contributed by atoms with Crippen LogP contribution in [0.4, 0.5) is 0 Å². The molecule has 4 bridgehead atoms. The average molecular weight is 329 g/mol. The van der Waals surface area contributed by atoms with Gasteiger partial charge >= 0.3 is 7.48 Å². The number of hydrogen-bond donors (Lipinski definition) is 0. The first-order valence-electron chi connectivity index (χ1n) is 9.88. The van der Waals surface area contributed by atoms with Crippen LogP contribution in [-0.4, -0.2) is 7.48 Å². The highest BCUT2D eigenvalue weighted by Crippen LogP contribution is 2.60. The second-order valence-corrected chi connectivity index (χ2v) is 8.74. The van der Waals surface area contributed by atoms with Crippen molar-refractivity contribution < 1.29 is 4.65 Å². The van der Waals surface area contributed by atoms with Crippen LogP contribution < -0.4 is 5.46 Å². The first-order valence-corrected chi connectivity index (χ1v) is 9.88. The van der Waals surface area contributed by atoms with Crippen LogP contribution in [0.5, 0.6) is 0 Å². The van der Waals surface area contributed by atoms with Crippen LogP contribution in [0.3, 0.4) is 0 Å². The van der Waals surface area contributed by atoms with Crippen molar-refractivity contribution in [1.29, 1.82) is 0 Å². The summed E-state index contributed by atoms with van der Waals surface area (Å²) in [5.74, 6) is 2.99. The van der Waals surface area contributed by atoms with Crippen molar-refractivity contribution in [2.75, 3.05) is 0 Å². The van der Waals surface area contributed by atoms with Crippen molar-refractivity contribution in [3.63, 3.8) is 0 Å². The van der Waals surface area contributed by atoms with E-state index in [1.165, 1.54) is 44.1 Å². The molecule has 25 heavy (non-hydrogen) atoms. The maximum Gasteiger partial charge on any atom is 0.330 e. The van der Waals surface area contributed by atoms with E-state index in [1.807, 2.05) is 25.7 Å². The van der Waals surface area contributed by atoms with Crippen molar-refractivity contribution in [3.8, 4) is 0 Å². The van der Waals surface area contributed by atoms with Gasteiger partial charge < -0.3 is 4.65 Å². The highest BCUT2D eigenvalue weighted by molar-refractivity contribution is 6.46. The third kappa shape index (κ3) is 3.06. The van der Waals surface area contributed by atoms with Gasteiger partial charge in [-0.1, -0.05) is 60.1 Å². The van der Waals surface area contributed by atoms with E-state index >= 15 is 0 Å². The molecular formula is C23H26BO. The zero-order valence-corrected chi connectivity index (χ0v) is 14.9. The molecule has 0 aliphatic heterocycles. The number of benzene rings is 2. The quantitative estimate of drug-likeness (QED) is 0.728. The molecule has 0 amide bonds. The second-order valence-electron chi connectivity index (χ2n) is 8.74. The lowest BCUT2D eigenvalue weighted by atomic mass is 9.48. The van der Waals surface area contributed by atoms with Crippen LogP contribution in [0.25, 0.3) is 0 Å². The lowest BCUT2D eigenvalue weighted by molar-refractivity contribution is -0.00524. The largest absolute Gasteiger partial charge is 0.430 e. The number of hydrogen-bond acceptors (Lipinski definition) is 1. The molecule has 0 aromatic heterocycles. The first kappa shape index (κ1) is 15.7. The van der Waals surface area contributed by atoms with Gasteiger partial charge in [-0.3, -0.25) is 0 Å². The van der Waals surface area contributed by atoms with Crippen molar-refractivity contribution in [2.45, 2.75) is 50.5 Å². The highest BCUT2D eigenvalue weighted by atomic mass is 16.4. The Hall–Kier alpha value is -1.54. The standard InChI is InChI=1S/C23H26BO/c1-2-7-22(8-3-1)24-25-16-17-5-4-6-21(12-17)23-13-18-9-19(14-23)11-20(10-18)15-23/h1-8,12,18-20H,9-11,13-16H2. The molecule has 0 atom stereocenters. The Kier molecular flexibility index (Phi) is 3.97. The summed E-state index contributed by atoms with van der Waals surface area (Å²) in [7, 11) is 1.87. The van der Waals surface area contributed by atoms with Crippen LogP contribution in [0, 0.1) is 17.8 Å². The zero-order chi connectivity index (χ0) is 16.7. The first-order chi connectivity index (χ1) is 12.3. The summed E-state index contributed by atoms with van der Waals surface area (Å²) < 4.78 is 5.85. The predicted octanol–water partition coefficient (Wildman–Crippen LogP) is 4.62. The van der Waals surface area contributed by atoms with Gasteiger partial charge in [-0.05, 0) is 72.8 Å². The molecule has 4 fully saturated rings. The summed E-state index contributed by atoms with van der Waals surface area (Å²) in [6.07, 6.45) is 8.81. The normalized spacial score (nSPS) is 32.7. The van der Waals surface area contributed by atoms with Gasteiger partial charge in [0.1, 0.15) is 0 Å². The molecule has 2 aromatic carbocycles. The monoisotopic (exact) mass is 329 g/mol. The molecule has 6 rings (SSSR count). The predicted molar refractivity (Wildman–Crippen MR) is 103 cm³/mol. The Bertz CT molecular complexity index is 703. The third-order valence-electron chi connectivity index (χ3n) is 6.85. The minimum absolute atomic E-state index is 0.480. The fourth-order valence-electron chi connectivity index (χ4n) is 6.22. The smallest absolute Gasteiger partial charge is 0.330 e. The average Bonchev–Trinajstić information content (AvgIpc) is 2.62. The molecule has 1 radical (unpaired) electrons. The molecule has 0 N–H and O–H groups in total. The van der Waals surface area contributed by atoms with E-state index in [9.17, 15) is 0 Å². The molecular weight excluding hydrogens is 303 g/mol. The maximum absolute atomic E-state index is 5.85. The fraction of sp³-hybridized carbons (Fsp3) is 0.478. The SMILES string of the molecule is [B](OCc1cccc(C23CC4CC(CC(C4)C2)C3)c1)c1ccccc1. The van der Waals surface area contributed by atoms with Crippen LogP contribution >= 0.6 is 0 Å². The second kappa shape index (κ2) is 6.32. The van der Waals surface area contributed by atoms with Crippen molar-refractivity contribution in [2.24, 2.45) is 17.8 Å². The van der Waals surface area contributed by atoms with E-state index < -0.39 is 0 Å². The van der Waals surface area contributed by atoms with Crippen LogP contribution in [0.1, 0.15) is 49.7 Å². The molecule has 4 aliphatic carbocycles. The van der Waals surface area contributed by atoms with E-state index in [0.717, 1.165) is 23.2 Å². The summed E-state index contributed by atoms with van der Waals surface area (Å²) in [5, 5.41) is 0. The Morgan fingerprint density at radius 1 is 0.840 bits per heavy atom. The molecule has 1 nitrogen and oxygen atoms in total. The molecule has 2 heteroatoms. The van der Waals surface area contributed by atoms with Crippen LogP contribution in [-0.2, 0) is 16.7 Å². The maximum atomic E-state index is 5.85. The van der Waals surface area contributed by atoms with Crippen molar-refractivity contribution in [3.05, 3.63) is 65.7 Å². The summed E-state index contributed by atoms with van der Waals surface area (Å²) in [6.45, 7) is 0.662. The highest BCUT2D eigenvalue weighted by Gasteiger charge is 2.51. The molecule has 4 saturated carbocycles. The van der Waals surface area contributed by atoms with E-state index in [2.05, 4.69) is 36.4 Å². The van der Waals surface area contributed by atoms with E-state index in [0.29, 0.717) is 12.0 Å². The van der Waals surface area contributed by atoms with Gasteiger partial charge in [-0.25, -0.2) is 0 Å². The minimum atomic E-state index is 0.480. The van der Waals surface area contributed by atoms with E-state index in [-0.39, 0.29) is 0 Å². The van der Waals surface area contributed by atoms with Crippen molar-refractivity contribution in [1.82, 2.24) is 0 Å². The summed E-state index contributed by atoms with van der Waals surface area (Å²) >= 11 is 0. The fourth-order valence-corrected chi connectivity index (χ4v) is 6.22. The lowest BCUT2D eigenvalue weighted by Gasteiger charge is -2.57. The van der Waals surface area contributed by atoms with Gasteiger partial charge in [0.25, 0.3) is 0 Å². The van der Waals surface area contributed by atoms with E-state index in [4.69, 9.17) is 4.65 Å². The molecule has 0 unspecified atom stereocenters. The summed E-state index contributed by atoms with van der Waals surface area (Å²) in [5.41, 5.74) is 4.50. The summed E-state index contributed by atoms with van der Waals surface area (Å²) in [4.78, 5) is 0. The Morgan fingerprint density at radius 2 is 1.52 bits per heavy atom. The Balaban J connectivity index is 1.30. The topological polar surface area (TPSA) is 9.23 Å². The van der Waals surface area contributed by atoms with Gasteiger partial charge in [-0.2, -0.15) is 0 Å². The van der Waals surface area contributed by atoms with Gasteiger partial charge in [0.2, 0.25) is 0 Å². The Morgan fingerprint density at radius 3 is 2.20 bits per heavy atom. The third-order valence-corrected chi connectivity index (χ3v) is 6.85. The van der Waals surface area contributed by atoms with Crippen molar-refractivity contribution >= 4 is 12.9 Å². The van der Waals surface area contributed by atoms with Crippen LogP contribution in [0.15, 0.2) is 54.6 Å².